The molecular formula is C13H19BrN4O2. The molecule has 0 bridgehead atoms. The van der Waals surface area contributed by atoms with Gasteiger partial charge >= 0.3 is 0 Å². The number of methoxy groups -OCH3 is 1. The van der Waals surface area contributed by atoms with Crippen molar-refractivity contribution in [2.75, 3.05) is 25.6 Å². The van der Waals surface area contributed by atoms with Crippen LogP contribution in [0.5, 0.6) is 0 Å². The van der Waals surface area contributed by atoms with E-state index in [4.69, 9.17) is 10.6 Å². The molecule has 1 aromatic heterocycles. The Balaban J connectivity index is 2.25. The molecule has 3 N–H and O–H groups in total. The molecule has 7 heteroatoms. The van der Waals surface area contributed by atoms with Gasteiger partial charge in [-0.15, -0.1) is 0 Å². The van der Waals surface area contributed by atoms with Crippen LogP contribution in [0.2, 0.25) is 0 Å². The first-order valence-corrected chi connectivity index (χ1v) is 7.25. The Morgan fingerprint density at radius 2 is 2.40 bits per heavy atom. The minimum atomic E-state index is -0.288. The molecular weight excluding hydrogens is 324 g/mol. The molecule has 1 aliphatic heterocycles. The lowest BCUT2D eigenvalue weighted by Crippen LogP contribution is -2.49. The van der Waals surface area contributed by atoms with Gasteiger partial charge in [0.15, 0.2) is 5.82 Å². The summed E-state index contributed by atoms with van der Waals surface area (Å²) in [5, 5.41) is 0. The third kappa shape index (κ3) is 3.11. The Bertz CT molecular complexity index is 511. The number of amides is 1. The van der Waals surface area contributed by atoms with Crippen LogP contribution in [0.3, 0.4) is 0 Å². The summed E-state index contributed by atoms with van der Waals surface area (Å²) < 4.78 is 6.26. The van der Waals surface area contributed by atoms with Crippen molar-refractivity contribution in [1.29, 1.82) is 0 Å². The van der Waals surface area contributed by atoms with Crippen molar-refractivity contribution in [1.82, 2.24) is 9.88 Å². The number of carbonyl (C=O) groups excluding carboxylic acids is 1. The normalized spacial score (nSPS) is 22.7. The minimum Gasteiger partial charge on any atom is -0.377 e. The number of hydrazine groups is 1. The second-order valence-corrected chi connectivity index (χ2v) is 6.09. The third-order valence-electron chi connectivity index (χ3n) is 3.66. The molecule has 1 fully saturated rings. The lowest BCUT2D eigenvalue weighted by atomic mass is 9.94. The number of likely N-dealkylation sites (tertiary alicyclic amines) is 1. The zero-order valence-electron chi connectivity index (χ0n) is 11.6. The number of halogens is 1. The first kappa shape index (κ1) is 15.2. The summed E-state index contributed by atoms with van der Waals surface area (Å²) in [4.78, 5) is 18.5. The summed E-state index contributed by atoms with van der Waals surface area (Å²) >= 11 is 3.33. The number of hydrogen-bond donors (Lipinski definition) is 2. The van der Waals surface area contributed by atoms with Crippen molar-refractivity contribution in [3.63, 3.8) is 0 Å². The summed E-state index contributed by atoms with van der Waals surface area (Å²) in [5.41, 5.74) is 2.64. The number of carbonyl (C=O) groups is 1. The van der Waals surface area contributed by atoms with Gasteiger partial charge in [-0.05, 0) is 41.8 Å². The van der Waals surface area contributed by atoms with Gasteiger partial charge in [-0.3, -0.25) is 4.79 Å². The van der Waals surface area contributed by atoms with E-state index in [0.717, 1.165) is 17.3 Å². The van der Waals surface area contributed by atoms with Gasteiger partial charge in [0, 0.05) is 30.9 Å². The van der Waals surface area contributed by atoms with Gasteiger partial charge in [0.2, 0.25) is 0 Å². The number of pyridine rings is 1. The number of rotatable bonds is 3. The van der Waals surface area contributed by atoms with E-state index in [-0.39, 0.29) is 11.5 Å². The Morgan fingerprint density at radius 1 is 1.65 bits per heavy atom. The molecule has 1 atom stereocenters. The monoisotopic (exact) mass is 342 g/mol. The van der Waals surface area contributed by atoms with E-state index in [0.29, 0.717) is 24.5 Å². The first-order valence-electron chi connectivity index (χ1n) is 6.46. The van der Waals surface area contributed by atoms with E-state index >= 15 is 0 Å². The smallest absolute Gasteiger partial charge is 0.257 e. The molecule has 2 heterocycles. The SMILES string of the molecule is COC1(C)CCCN(C(=O)c2cc(Br)cnc2NN)C1. The average molecular weight is 343 g/mol. The third-order valence-corrected chi connectivity index (χ3v) is 4.09. The molecule has 0 spiro atoms. The molecule has 2 rings (SSSR count). The molecule has 20 heavy (non-hydrogen) atoms. The zero-order valence-corrected chi connectivity index (χ0v) is 13.2. The number of nitrogens with zero attached hydrogens (tertiary/aromatic N) is 2. The molecule has 0 radical (unpaired) electrons. The summed E-state index contributed by atoms with van der Waals surface area (Å²) in [5.74, 6) is 5.71. The number of hydrogen-bond acceptors (Lipinski definition) is 5. The number of nitrogens with one attached hydrogen (secondary N) is 1. The fourth-order valence-electron chi connectivity index (χ4n) is 2.43. The number of nitrogens with two attached hydrogens (primary N) is 1. The van der Waals surface area contributed by atoms with Crippen LogP contribution in [-0.4, -0.2) is 41.6 Å². The standard InChI is InChI=1S/C13H19BrN4O2/c1-13(20-2)4-3-5-18(8-13)12(19)10-6-9(14)7-16-11(10)17-15/h6-7H,3-5,8,15H2,1-2H3,(H,16,17). The molecule has 1 saturated heterocycles. The van der Waals surface area contributed by atoms with Crippen LogP contribution in [-0.2, 0) is 4.74 Å². The highest BCUT2D eigenvalue weighted by atomic mass is 79.9. The van der Waals surface area contributed by atoms with Crippen molar-refractivity contribution < 1.29 is 9.53 Å². The molecule has 1 unspecified atom stereocenters. The van der Waals surface area contributed by atoms with Crippen molar-refractivity contribution in [3.05, 3.63) is 22.3 Å². The fourth-order valence-corrected chi connectivity index (χ4v) is 2.76. The van der Waals surface area contributed by atoms with Crippen LogP contribution in [0, 0.1) is 0 Å². The molecule has 1 aromatic rings. The van der Waals surface area contributed by atoms with E-state index in [1.807, 2.05) is 6.92 Å². The van der Waals surface area contributed by atoms with E-state index in [1.54, 1.807) is 24.3 Å². The average Bonchev–Trinajstić information content (AvgIpc) is 2.46. The van der Waals surface area contributed by atoms with Gasteiger partial charge in [-0.25, -0.2) is 10.8 Å². The van der Waals surface area contributed by atoms with Gasteiger partial charge in [-0.2, -0.15) is 0 Å². The van der Waals surface area contributed by atoms with E-state index < -0.39 is 0 Å². The van der Waals surface area contributed by atoms with Crippen LogP contribution in [0.25, 0.3) is 0 Å². The predicted octanol–water partition coefficient (Wildman–Crippen LogP) is 1.77. The van der Waals surface area contributed by atoms with Crippen molar-refractivity contribution in [2.24, 2.45) is 5.84 Å². The Hall–Kier alpha value is -1.18. The molecule has 1 amide bonds. The van der Waals surface area contributed by atoms with Gasteiger partial charge in [0.25, 0.3) is 5.91 Å². The maximum absolute atomic E-state index is 12.6. The fraction of sp³-hybridized carbons (Fsp3) is 0.538. The molecule has 1 aliphatic rings. The molecule has 110 valence electrons. The lowest BCUT2D eigenvalue weighted by molar-refractivity contribution is -0.0440. The summed E-state index contributed by atoms with van der Waals surface area (Å²) in [6.07, 6.45) is 3.47. The minimum absolute atomic E-state index is 0.0882. The maximum atomic E-state index is 12.6. The highest BCUT2D eigenvalue weighted by molar-refractivity contribution is 9.10. The lowest BCUT2D eigenvalue weighted by Gasteiger charge is -2.39. The zero-order chi connectivity index (χ0) is 14.8. The predicted molar refractivity (Wildman–Crippen MR) is 80.3 cm³/mol. The number of anilines is 1. The van der Waals surface area contributed by atoms with Crippen LogP contribution in [0.1, 0.15) is 30.1 Å². The van der Waals surface area contributed by atoms with Gasteiger partial charge in [0.1, 0.15) is 0 Å². The van der Waals surface area contributed by atoms with Crippen LogP contribution < -0.4 is 11.3 Å². The first-order chi connectivity index (χ1) is 9.49. The molecule has 0 aromatic carbocycles. The largest absolute Gasteiger partial charge is 0.377 e. The number of ether oxygens (including phenoxy) is 1. The Kier molecular flexibility index (Phi) is 4.62. The second kappa shape index (κ2) is 6.07. The highest BCUT2D eigenvalue weighted by Gasteiger charge is 2.34. The number of nitrogen functional groups attached to an aromatic ring is 1. The van der Waals surface area contributed by atoms with E-state index in [2.05, 4.69) is 26.3 Å². The van der Waals surface area contributed by atoms with E-state index in [1.165, 1.54) is 0 Å². The highest BCUT2D eigenvalue weighted by Crippen LogP contribution is 2.27. The second-order valence-electron chi connectivity index (χ2n) is 5.18. The molecule has 0 saturated carbocycles. The number of piperidine rings is 1. The topological polar surface area (TPSA) is 80.5 Å². The van der Waals surface area contributed by atoms with Crippen LogP contribution in [0.15, 0.2) is 16.7 Å². The van der Waals surface area contributed by atoms with Gasteiger partial charge < -0.3 is 15.1 Å². The van der Waals surface area contributed by atoms with Crippen molar-refractivity contribution in [2.45, 2.75) is 25.4 Å². The summed E-state index contributed by atoms with van der Waals surface area (Å²) in [6, 6.07) is 1.73. The van der Waals surface area contributed by atoms with Crippen LogP contribution >= 0.6 is 15.9 Å². The molecule has 6 nitrogen and oxygen atoms in total. The summed E-state index contributed by atoms with van der Waals surface area (Å²) in [7, 11) is 1.68. The quantitative estimate of drug-likeness (QED) is 0.646. The van der Waals surface area contributed by atoms with E-state index in [9.17, 15) is 4.79 Å². The Morgan fingerprint density at radius 3 is 3.05 bits per heavy atom. The molecule has 0 aliphatic carbocycles. The van der Waals surface area contributed by atoms with Gasteiger partial charge in [0.05, 0.1) is 11.2 Å². The number of aromatic nitrogens is 1. The van der Waals surface area contributed by atoms with Gasteiger partial charge in [-0.1, -0.05) is 0 Å². The Labute approximate surface area is 126 Å². The maximum Gasteiger partial charge on any atom is 0.257 e. The van der Waals surface area contributed by atoms with Crippen molar-refractivity contribution in [3.8, 4) is 0 Å². The van der Waals surface area contributed by atoms with Crippen LogP contribution in [0.4, 0.5) is 5.82 Å². The van der Waals surface area contributed by atoms with Crippen molar-refractivity contribution >= 4 is 27.7 Å². The summed E-state index contributed by atoms with van der Waals surface area (Å²) in [6.45, 7) is 3.31.